The van der Waals surface area contributed by atoms with Gasteiger partial charge in [-0.25, -0.2) is 9.97 Å². The van der Waals surface area contributed by atoms with Gasteiger partial charge in [0.25, 0.3) is 5.91 Å². The Hall–Kier alpha value is -3.29. The molecule has 3 aromatic rings. The van der Waals surface area contributed by atoms with E-state index in [1.807, 2.05) is 30.3 Å². The van der Waals surface area contributed by atoms with Crippen LogP contribution in [0.15, 0.2) is 49.2 Å². The highest BCUT2D eigenvalue weighted by molar-refractivity contribution is 5.94. The number of rotatable bonds is 3. The summed E-state index contributed by atoms with van der Waals surface area (Å²) in [6, 6.07) is 5.51. The van der Waals surface area contributed by atoms with Crippen molar-refractivity contribution in [2.75, 3.05) is 31.1 Å². The number of hydrogen-bond acceptors (Lipinski definition) is 6. The van der Waals surface area contributed by atoms with Crippen molar-refractivity contribution >= 4 is 11.9 Å². The predicted octanol–water partition coefficient (Wildman–Crippen LogP) is 1.62. The van der Waals surface area contributed by atoms with Crippen LogP contribution in [0.25, 0.3) is 11.3 Å². The van der Waals surface area contributed by atoms with Crippen LogP contribution in [0.5, 0.6) is 0 Å². The monoisotopic (exact) mass is 363 g/mol. The molecule has 0 aromatic carbocycles. The Morgan fingerprint density at radius 3 is 2.56 bits per heavy atom. The summed E-state index contributed by atoms with van der Waals surface area (Å²) in [5.41, 5.74) is 2.35. The summed E-state index contributed by atoms with van der Waals surface area (Å²) in [5.74, 6) is 0.727. The normalized spacial score (nSPS) is 14.9. The molecule has 8 nitrogen and oxygen atoms in total. The molecule has 0 unspecified atom stereocenters. The zero-order valence-electron chi connectivity index (χ0n) is 15.2. The molecule has 27 heavy (non-hydrogen) atoms. The van der Waals surface area contributed by atoms with E-state index in [0.717, 1.165) is 30.8 Å². The summed E-state index contributed by atoms with van der Waals surface area (Å²) in [5, 5.41) is 4.15. The van der Waals surface area contributed by atoms with E-state index in [2.05, 4.69) is 25.0 Å². The van der Waals surface area contributed by atoms with Crippen LogP contribution in [0.4, 0.5) is 5.95 Å². The van der Waals surface area contributed by atoms with Crippen molar-refractivity contribution < 1.29 is 4.79 Å². The summed E-state index contributed by atoms with van der Waals surface area (Å²) < 4.78 is 1.73. The van der Waals surface area contributed by atoms with E-state index in [9.17, 15) is 4.79 Å². The first-order valence-electron chi connectivity index (χ1n) is 8.97. The highest BCUT2D eigenvalue weighted by Crippen LogP contribution is 2.17. The van der Waals surface area contributed by atoms with Gasteiger partial charge in [0.2, 0.25) is 5.95 Å². The van der Waals surface area contributed by atoms with Crippen LogP contribution in [-0.2, 0) is 7.05 Å². The zero-order chi connectivity index (χ0) is 18.6. The summed E-state index contributed by atoms with van der Waals surface area (Å²) in [6.07, 6.45) is 9.67. The van der Waals surface area contributed by atoms with Crippen molar-refractivity contribution in [1.82, 2.24) is 29.6 Å². The van der Waals surface area contributed by atoms with Crippen molar-refractivity contribution in [2.24, 2.45) is 7.05 Å². The number of carbonyl (C=O) groups is 1. The average Bonchev–Trinajstić information content (AvgIpc) is 3.00. The van der Waals surface area contributed by atoms with Gasteiger partial charge in [0.1, 0.15) is 0 Å². The van der Waals surface area contributed by atoms with Gasteiger partial charge in [-0.2, -0.15) is 5.10 Å². The van der Waals surface area contributed by atoms with Gasteiger partial charge in [-0.05, 0) is 24.6 Å². The molecule has 1 fully saturated rings. The van der Waals surface area contributed by atoms with Gasteiger partial charge >= 0.3 is 0 Å². The first-order chi connectivity index (χ1) is 13.2. The summed E-state index contributed by atoms with van der Waals surface area (Å²) in [6.45, 7) is 2.91. The van der Waals surface area contributed by atoms with Crippen molar-refractivity contribution in [3.8, 4) is 11.3 Å². The fourth-order valence-corrected chi connectivity index (χ4v) is 3.20. The predicted molar refractivity (Wildman–Crippen MR) is 101 cm³/mol. The van der Waals surface area contributed by atoms with E-state index in [-0.39, 0.29) is 5.91 Å². The molecule has 1 saturated heterocycles. The quantitative estimate of drug-likeness (QED) is 0.704. The van der Waals surface area contributed by atoms with E-state index < -0.39 is 0 Å². The number of anilines is 1. The molecular weight excluding hydrogens is 342 g/mol. The van der Waals surface area contributed by atoms with Gasteiger partial charge in [0.05, 0.1) is 17.5 Å². The maximum Gasteiger partial charge on any atom is 0.255 e. The third-order valence-electron chi connectivity index (χ3n) is 4.63. The van der Waals surface area contributed by atoms with Gasteiger partial charge in [-0.3, -0.25) is 14.5 Å². The topological polar surface area (TPSA) is 80.0 Å². The lowest BCUT2D eigenvalue weighted by Crippen LogP contribution is -2.35. The minimum atomic E-state index is 0.0102. The van der Waals surface area contributed by atoms with Crippen LogP contribution in [0.2, 0.25) is 0 Å². The van der Waals surface area contributed by atoms with Crippen LogP contribution < -0.4 is 4.90 Å². The number of pyridine rings is 1. The molecule has 0 radical (unpaired) electrons. The molecule has 1 amide bonds. The molecule has 0 N–H and O–H groups in total. The molecule has 4 rings (SSSR count). The number of carbonyl (C=O) groups excluding carboxylic acids is 1. The number of nitrogens with zero attached hydrogens (tertiary/aromatic N) is 7. The van der Waals surface area contributed by atoms with E-state index >= 15 is 0 Å². The first-order valence-corrected chi connectivity index (χ1v) is 8.97. The van der Waals surface area contributed by atoms with Crippen molar-refractivity contribution in [3.63, 3.8) is 0 Å². The Morgan fingerprint density at radius 2 is 1.85 bits per heavy atom. The highest BCUT2D eigenvalue weighted by atomic mass is 16.2. The molecule has 8 heteroatoms. The van der Waals surface area contributed by atoms with E-state index in [4.69, 9.17) is 0 Å². The molecule has 0 bridgehead atoms. The molecule has 0 saturated carbocycles. The number of aryl methyl sites for hydroxylation is 1. The van der Waals surface area contributed by atoms with Gasteiger partial charge in [0.15, 0.2) is 0 Å². The Labute approximate surface area is 157 Å². The van der Waals surface area contributed by atoms with Crippen LogP contribution >= 0.6 is 0 Å². The Bertz CT molecular complexity index is 907. The smallest absolute Gasteiger partial charge is 0.255 e. The fraction of sp³-hybridized carbons (Fsp3) is 0.316. The Morgan fingerprint density at radius 1 is 1.00 bits per heavy atom. The minimum absolute atomic E-state index is 0.0102. The van der Waals surface area contributed by atoms with Crippen molar-refractivity contribution in [1.29, 1.82) is 0 Å². The van der Waals surface area contributed by atoms with E-state index in [1.54, 1.807) is 35.5 Å². The molecule has 0 atom stereocenters. The van der Waals surface area contributed by atoms with Crippen LogP contribution in [-0.4, -0.2) is 61.7 Å². The van der Waals surface area contributed by atoms with Crippen molar-refractivity contribution in [3.05, 3.63) is 54.7 Å². The number of hydrogen-bond donors (Lipinski definition) is 0. The van der Waals surface area contributed by atoms with Crippen LogP contribution in [0.3, 0.4) is 0 Å². The van der Waals surface area contributed by atoms with Crippen LogP contribution in [0.1, 0.15) is 16.8 Å². The summed E-state index contributed by atoms with van der Waals surface area (Å²) in [4.78, 5) is 29.9. The second-order valence-electron chi connectivity index (χ2n) is 6.52. The van der Waals surface area contributed by atoms with Crippen LogP contribution in [0, 0.1) is 0 Å². The van der Waals surface area contributed by atoms with Gasteiger partial charge < -0.3 is 9.80 Å². The average molecular weight is 363 g/mol. The molecular formula is C19H21N7O. The van der Waals surface area contributed by atoms with Crippen molar-refractivity contribution in [2.45, 2.75) is 6.42 Å². The molecule has 0 spiro atoms. The molecule has 3 aromatic heterocycles. The second-order valence-corrected chi connectivity index (χ2v) is 6.52. The maximum absolute atomic E-state index is 12.9. The number of amides is 1. The minimum Gasteiger partial charge on any atom is -0.339 e. The fourth-order valence-electron chi connectivity index (χ4n) is 3.20. The lowest BCUT2D eigenvalue weighted by molar-refractivity contribution is 0.0766. The number of aromatic nitrogens is 5. The third kappa shape index (κ3) is 3.79. The molecule has 1 aliphatic rings. The molecule has 4 heterocycles. The third-order valence-corrected chi connectivity index (χ3v) is 4.63. The first kappa shape index (κ1) is 17.1. The standard InChI is InChI=1S/C19H21N7O/c1-24-14-16(13-23-24)17-5-4-15(12-22-17)18(27)25-8-3-9-26(11-10-25)19-20-6-2-7-21-19/h2,4-7,12-14H,3,8-11H2,1H3. The Balaban J connectivity index is 1.43. The second kappa shape index (κ2) is 7.53. The van der Waals surface area contributed by atoms with Gasteiger partial charge in [-0.15, -0.1) is 0 Å². The van der Waals surface area contributed by atoms with Gasteiger partial charge in [-0.1, -0.05) is 0 Å². The van der Waals surface area contributed by atoms with E-state index in [1.165, 1.54) is 0 Å². The largest absolute Gasteiger partial charge is 0.339 e. The summed E-state index contributed by atoms with van der Waals surface area (Å²) in [7, 11) is 1.87. The molecule has 1 aliphatic heterocycles. The SMILES string of the molecule is Cn1cc(-c2ccc(C(=O)N3CCCN(c4ncccn4)CC3)cn2)cn1. The molecule has 138 valence electrons. The lowest BCUT2D eigenvalue weighted by atomic mass is 10.2. The highest BCUT2D eigenvalue weighted by Gasteiger charge is 2.21. The van der Waals surface area contributed by atoms with E-state index in [0.29, 0.717) is 24.6 Å². The lowest BCUT2D eigenvalue weighted by Gasteiger charge is -2.22. The summed E-state index contributed by atoms with van der Waals surface area (Å²) >= 11 is 0. The Kier molecular flexibility index (Phi) is 4.78. The maximum atomic E-state index is 12.9. The van der Waals surface area contributed by atoms with Gasteiger partial charge in [0, 0.05) is 63.6 Å². The zero-order valence-corrected chi connectivity index (χ0v) is 15.2. The molecule has 0 aliphatic carbocycles.